The summed E-state index contributed by atoms with van der Waals surface area (Å²) in [6.45, 7) is 2.23. The number of primary amides is 1. The average molecular weight is 283 g/mol. The Morgan fingerprint density at radius 2 is 2.25 bits per heavy atom. The fourth-order valence-corrected chi connectivity index (χ4v) is 1.55. The number of nitro benzene ring substituents is 1. The number of amides is 1. The number of methoxy groups -OCH3 is 1. The molecule has 1 atom stereocenters. The molecule has 20 heavy (non-hydrogen) atoms. The highest BCUT2D eigenvalue weighted by Crippen LogP contribution is 2.31. The number of rotatable bonds is 8. The molecule has 0 spiro atoms. The Kier molecular flexibility index (Phi) is 5.73. The van der Waals surface area contributed by atoms with Crippen molar-refractivity contribution in [2.75, 3.05) is 20.3 Å². The smallest absolute Gasteiger partial charge is 0.311 e. The second kappa shape index (κ2) is 7.29. The Bertz CT molecular complexity index is 492. The van der Waals surface area contributed by atoms with Crippen LogP contribution in [0.15, 0.2) is 18.2 Å². The van der Waals surface area contributed by atoms with Gasteiger partial charge in [-0.1, -0.05) is 6.92 Å². The zero-order valence-electron chi connectivity index (χ0n) is 11.3. The molecule has 8 nitrogen and oxygen atoms in total. The highest BCUT2D eigenvalue weighted by molar-refractivity contribution is 5.80. The van der Waals surface area contributed by atoms with Gasteiger partial charge in [-0.2, -0.15) is 0 Å². The van der Waals surface area contributed by atoms with Gasteiger partial charge in [-0.25, -0.2) is 0 Å². The van der Waals surface area contributed by atoms with E-state index in [4.69, 9.17) is 15.2 Å². The molecule has 1 aromatic carbocycles. The van der Waals surface area contributed by atoms with Crippen molar-refractivity contribution in [1.29, 1.82) is 0 Å². The van der Waals surface area contributed by atoms with E-state index in [-0.39, 0.29) is 18.0 Å². The molecule has 110 valence electrons. The second-order valence-corrected chi connectivity index (χ2v) is 3.91. The molecule has 0 saturated heterocycles. The Labute approximate surface area is 116 Å². The maximum atomic E-state index is 11.2. The first-order valence-electron chi connectivity index (χ1n) is 5.97. The Morgan fingerprint density at radius 1 is 1.55 bits per heavy atom. The maximum absolute atomic E-state index is 11.2. The molecule has 0 aliphatic heterocycles. The molecule has 8 heteroatoms. The zero-order valence-corrected chi connectivity index (χ0v) is 11.3. The van der Waals surface area contributed by atoms with Crippen LogP contribution in [0.5, 0.6) is 11.5 Å². The number of carbonyl (C=O) groups excluding carboxylic acids is 1. The van der Waals surface area contributed by atoms with Crippen LogP contribution in [0.1, 0.15) is 6.92 Å². The van der Waals surface area contributed by atoms with Gasteiger partial charge in [-0.3, -0.25) is 14.9 Å². The second-order valence-electron chi connectivity index (χ2n) is 3.91. The molecule has 0 saturated carbocycles. The molecule has 3 N–H and O–H groups in total. The summed E-state index contributed by atoms with van der Waals surface area (Å²) in [5.74, 6) is -0.138. The quantitative estimate of drug-likeness (QED) is 0.528. The van der Waals surface area contributed by atoms with Crippen LogP contribution in [-0.4, -0.2) is 37.1 Å². The van der Waals surface area contributed by atoms with Gasteiger partial charge >= 0.3 is 5.69 Å². The summed E-state index contributed by atoms with van der Waals surface area (Å²) >= 11 is 0. The SMILES string of the molecule is CCNC(COc1cc(OC)ccc1[N+](=O)[O-])C(N)=O. The van der Waals surface area contributed by atoms with Gasteiger partial charge in [0.15, 0.2) is 0 Å². The fraction of sp³-hybridized carbons (Fsp3) is 0.417. The van der Waals surface area contributed by atoms with Crippen molar-refractivity contribution in [3.63, 3.8) is 0 Å². The lowest BCUT2D eigenvalue weighted by Crippen LogP contribution is -2.45. The number of nitrogens with zero attached hydrogens (tertiary/aromatic N) is 1. The van der Waals surface area contributed by atoms with Crippen LogP contribution in [0.25, 0.3) is 0 Å². The number of benzene rings is 1. The number of nitrogens with two attached hydrogens (primary N) is 1. The number of hydrogen-bond acceptors (Lipinski definition) is 6. The standard InChI is InChI=1S/C12H17N3O5/c1-3-14-9(12(13)16)7-20-11-6-8(19-2)4-5-10(11)15(17)18/h4-6,9,14H,3,7H2,1-2H3,(H2,13,16). The number of ether oxygens (including phenoxy) is 2. The summed E-state index contributed by atoms with van der Waals surface area (Å²) in [5.41, 5.74) is 5.00. The van der Waals surface area contributed by atoms with Crippen LogP contribution >= 0.6 is 0 Å². The zero-order chi connectivity index (χ0) is 15.1. The lowest BCUT2D eigenvalue weighted by atomic mass is 10.2. The summed E-state index contributed by atoms with van der Waals surface area (Å²) in [7, 11) is 1.44. The highest BCUT2D eigenvalue weighted by atomic mass is 16.6. The summed E-state index contributed by atoms with van der Waals surface area (Å²) in [4.78, 5) is 21.5. The van der Waals surface area contributed by atoms with Gasteiger partial charge in [0.25, 0.3) is 0 Å². The monoisotopic (exact) mass is 283 g/mol. The van der Waals surface area contributed by atoms with Crippen molar-refractivity contribution in [3.8, 4) is 11.5 Å². The summed E-state index contributed by atoms with van der Waals surface area (Å²) < 4.78 is 10.3. The van der Waals surface area contributed by atoms with E-state index in [1.54, 1.807) is 0 Å². The molecule has 0 aromatic heterocycles. The van der Waals surface area contributed by atoms with E-state index in [1.165, 1.54) is 25.3 Å². The molecule has 0 fully saturated rings. The van der Waals surface area contributed by atoms with E-state index in [0.29, 0.717) is 12.3 Å². The van der Waals surface area contributed by atoms with Gasteiger partial charge < -0.3 is 20.5 Å². The predicted molar refractivity (Wildman–Crippen MR) is 71.8 cm³/mol. The molecule has 0 aliphatic rings. The third-order valence-electron chi connectivity index (χ3n) is 2.56. The Morgan fingerprint density at radius 3 is 2.75 bits per heavy atom. The topological polar surface area (TPSA) is 117 Å². The lowest BCUT2D eigenvalue weighted by Gasteiger charge is -2.15. The van der Waals surface area contributed by atoms with E-state index in [2.05, 4.69) is 5.32 Å². The molecular weight excluding hydrogens is 266 g/mol. The molecule has 1 amide bonds. The molecule has 0 radical (unpaired) electrons. The van der Waals surface area contributed by atoms with Crippen LogP contribution in [-0.2, 0) is 4.79 Å². The van der Waals surface area contributed by atoms with Crippen molar-refractivity contribution in [2.45, 2.75) is 13.0 Å². The minimum atomic E-state index is -0.717. The van der Waals surface area contributed by atoms with Crippen molar-refractivity contribution < 1.29 is 19.2 Å². The van der Waals surface area contributed by atoms with Crippen molar-refractivity contribution in [3.05, 3.63) is 28.3 Å². The van der Waals surface area contributed by atoms with Gasteiger partial charge in [0.1, 0.15) is 18.4 Å². The van der Waals surface area contributed by atoms with Crippen LogP contribution in [0.2, 0.25) is 0 Å². The van der Waals surface area contributed by atoms with Gasteiger partial charge in [0, 0.05) is 12.1 Å². The number of nitrogens with one attached hydrogen (secondary N) is 1. The van der Waals surface area contributed by atoms with Crippen LogP contribution < -0.4 is 20.5 Å². The first-order chi connectivity index (χ1) is 9.49. The van der Waals surface area contributed by atoms with Gasteiger partial charge in [0.2, 0.25) is 11.7 Å². The van der Waals surface area contributed by atoms with E-state index in [1.807, 2.05) is 6.92 Å². The maximum Gasteiger partial charge on any atom is 0.311 e. The molecule has 0 bridgehead atoms. The normalized spacial score (nSPS) is 11.7. The van der Waals surface area contributed by atoms with Crippen molar-refractivity contribution in [1.82, 2.24) is 5.32 Å². The molecule has 1 unspecified atom stereocenters. The van der Waals surface area contributed by atoms with E-state index >= 15 is 0 Å². The lowest BCUT2D eigenvalue weighted by molar-refractivity contribution is -0.385. The molecule has 1 rings (SSSR count). The van der Waals surface area contributed by atoms with E-state index in [0.717, 1.165) is 0 Å². The number of nitro groups is 1. The molecule has 0 aliphatic carbocycles. The fourth-order valence-electron chi connectivity index (χ4n) is 1.55. The van der Waals surface area contributed by atoms with Gasteiger partial charge in [0.05, 0.1) is 12.0 Å². The predicted octanol–water partition coefficient (Wildman–Crippen LogP) is 0.446. The van der Waals surface area contributed by atoms with E-state index in [9.17, 15) is 14.9 Å². The highest BCUT2D eigenvalue weighted by Gasteiger charge is 2.20. The van der Waals surface area contributed by atoms with Gasteiger partial charge in [-0.05, 0) is 12.6 Å². The first-order valence-corrected chi connectivity index (χ1v) is 5.97. The van der Waals surface area contributed by atoms with Gasteiger partial charge in [-0.15, -0.1) is 0 Å². The van der Waals surface area contributed by atoms with E-state index < -0.39 is 16.9 Å². The molecule has 1 aromatic rings. The third kappa shape index (κ3) is 4.09. The first kappa shape index (κ1) is 15.7. The van der Waals surface area contributed by atoms with Crippen LogP contribution in [0, 0.1) is 10.1 Å². The average Bonchev–Trinajstić information content (AvgIpc) is 2.42. The van der Waals surface area contributed by atoms with Crippen LogP contribution in [0.3, 0.4) is 0 Å². The minimum absolute atomic E-state index is 0.0264. The van der Waals surface area contributed by atoms with Crippen molar-refractivity contribution >= 4 is 11.6 Å². The molecular formula is C12H17N3O5. The Balaban J connectivity index is 2.89. The van der Waals surface area contributed by atoms with Crippen LogP contribution in [0.4, 0.5) is 5.69 Å². The number of likely N-dealkylation sites (N-methyl/N-ethyl adjacent to an activating group) is 1. The number of carbonyl (C=O) groups is 1. The molecule has 0 heterocycles. The third-order valence-corrected chi connectivity index (χ3v) is 2.56. The minimum Gasteiger partial charge on any atom is -0.497 e. The Hall–Kier alpha value is -2.35. The summed E-state index contributed by atoms with van der Waals surface area (Å²) in [6, 6.07) is 3.41. The largest absolute Gasteiger partial charge is 0.497 e. The summed E-state index contributed by atoms with van der Waals surface area (Å²) in [6.07, 6.45) is 0. The van der Waals surface area contributed by atoms with Crippen molar-refractivity contribution in [2.24, 2.45) is 5.73 Å². The number of hydrogen-bond donors (Lipinski definition) is 2. The summed E-state index contributed by atoms with van der Waals surface area (Å²) in [5, 5.41) is 13.7.